The number of methoxy groups -OCH3 is 2. The summed E-state index contributed by atoms with van der Waals surface area (Å²) < 4.78 is 18.6. The molecule has 0 aliphatic carbocycles. The van der Waals surface area contributed by atoms with Crippen LogP contribution in [0.25, 0.3) is 11.0 Å². The van der Waals surface area contributed by atoms with Gasteiger partial charge in [0, 0.05) is 24.6 Å². The van der Waals surface area contributed by atoms with E-state index in [0.717, 1.165) is 39.8 Å². The molecule has 0 spiro atoms. The highest BCUT2D eigenvalue weighted by molar-refractivity contribution is 5.96. The molecule has 2 heterocycles. The number of carbonyl (C=O) groups is 1. The highest BCUT2D eigenvalue weighted by Gasteiger charge is 2.34. The molecule has 1 aromatic heterocycles. The standard InChI is InChI=1S/C27H27N3O4/c1-32-21-9-7-20(8-10-21)30-18-19(17-26(30)31)27-28-24-5-3-4-6-25(24)29(27)15-16-34-23-13-11-22(33-2)12-14-23/h3-14,19H,15-18H2,1-2H3. The molecule has 1 saturated heterocycles. The molecular formula is C27H27N3O4. The normalized spacial score (nSPS) is 15.6. The van der Waals surface area contributed by atoms with Crippen LogP contribution in [0.2, 0.25) is 0 Å². The van der Waals surface area contributed by atoms with Crippen molar-refractivity contribution in [3.63, 3.8) is 0 Å². The highest BCUT2D eigenvalue weighted by atomic mass is 16.5. The van der Waals surface area contributed by atoms with Crippen molar-refractivity contribution in [3.8, 4) is 17.2 Å². The summed E-state index contributed by atoms with van der Waals surface area (Å²) in [5.41, 5.74) is 2.85. The molecule has 174 valence electrons. The second-order valence-electron chi connectivity index (χ2n) is 8.24. The Bertz CT molecular complexity index is 1280. The maximum atomic E-state index is 12.9. The summed E-state index contributed by atoms with van der Waals surface area (Å²) in [5.74, 6) is 3.37. The molecule has 1 aliphatic rings. The summed E-state index contributed by atoms with van der Waals surface area (Å²) in [7, 11) is 3.28. The molecule has 1 unspecified atom stereocenters. The number of hydrogen-bond donors (Lipinski definition) is 0. The summed E-state index contributed by atoms with van der Waals surface area (Å²) in [5, 5.41) is 0. The summed E-state index contributed by atoms with van der Waals surface area (Å²) in [6.45, 7) is 1.71. The topological polar surface area (TPSA) is 65.8 Å². The number of hydrogen-bond acceptors (Lipinski definition) is 5. The van der Waals surface area contributed by atoms with Gasteiger partial charge in [-0.15, -0.1) is 0 Å². The maximum Gasteiger partial charge on any atom is 0.227 e. The lowest BCUT2D eigenvalue weighted by Crippen LogP contribution is -2.24. The summed E-state index contributed by atoms with van der Waals surface area (Å²) >= 11 is 0. The first-order valence-corrected chi connectivity index (χ1v) is 11.3. The van der Waals surface area contributed by atoms with Crippen LogP contribution in [-0.2, 0) is 11.3 Å². The van der Waals surface area contributed by atoms with Gasteiger partial charge < -0.3 is 23.7 Å². The molecule has 0 saturated carbocycles. The Hall–Kier alpha value is -4.00. The van der Waals surface area contributed by atoms with Crippen LogP contribution in [0, 0.1) is 0 Å². The van der Waals surface area contributed by atoms with Crippen LogP contribution >= 0.6 is 0 Å². The van der Waals surface area contributed by atoms with Gasteiger partial charge in [0.15, 0.2) is 0 Å². The average molecular weight is 458 g/mol. The second-order valence-corrected chi connectivity index (χ2v) is 8.24. The van der Waals surface area contributed by atoms with Gasteiger partial charge in [-0.2, -0.15) is 0 Å². The minimum absolute atomic E-state index is 0.00277. The summed E-state index contributed by atoms with van der Waals surface area (Å²) in [4.78, 5) is 19.7. The fourth-order valence-electron chi connectivity index (χ4n) is 4.46. The van der Waals surface area contributed by atoms with Crippen LogP contribution in [0.5, 0.6) is 17.2 Å². The first-order valence-electron chi connectivity index (χ1n) is 11.3. The fourth-order valence-corrected chi connectivity index (χ4v) is 4.46. The Labute approximate surface area is 198 Å². The molecule has 7 heteroatoms. The predicted octanol–water partition coefficient (Wildman–Crippen LogP) is 4.65. The van der Waals surface area contributed by atoms with Gasteiger partial charge in [-0.05, 0) is 60.7 Å². The van der Waals surface area contributed by atoms with Gasteiger partial charge >= 0.3 is 0 Å². The third-order valence-electron chi connectivity index (χ3n) is 6.20. The molecule has 3 aromatic carbocycles. The van der Waals surface area contributed by atoms with E-state index in [4.69, 9.17) is 19.2 Å². The van der Waals surface area contributed by atoms with Crippen molar-refractivity contribution in [3.05, 3.63) is 78.6 Å². The third kappa shape index (κ3) is 4.29. The fraction of sp³-hybridized carbons (Fsp3) is 0.259. The van der Waals surface area contributed by atoms with Gasteiger partial charge in [-0.1, -0.05) is 12.1 Å². The third-order valence-corrected chi connectivity index (χ3v) is 6.20. The quantitative estimate of drug-likeness (QED) is 0.385. The monoisotopic (exact) mass is 457 g/mol. The minimum atomic E-state index is 0.00277. The zero-order valence-corrected chi connectivity index (χ0v) is 19.3. The number of nitrogens with zero attached hydrogens (tertiary/aromatic N) is 3. The first-order chi connectivity index (χ1) is 16.7. The number of imidazole rings is 1. The Morgan fingerprint density at radius 2 is 1.53 bits per heavy atom. The number of ether oxygens (including phenoxy) is 3. The van der Waals surface area contributed by atoms with Crippen LogP contribution in [0.3, 0.4) is 0 Å². The zero-order valence-electron chi connectivity index (χ0n) is 19.3. The van der Waals surface area contributed by atoms with Crippen LogP contribution in [0.15, 0.2) is 72.8 Å². The maximum absolute atomic E-state index is 12.9. The highest BCUT2D eigenvalue weighted by Crippen LogP contribution is 2.34. The van der Waals surface area contributed by atoms with Crippen LogP contribution in [0.4, 0.5) is 5.69 Å². The molecule has 1 fully saturated rings. The lowest BCUT2D eigenvalue weighted by Gasteiger charge is -2.18. The second kappa shape index (κ2) is 9.47. The largest absolute Gasteiger partial charge is 0.497 e. The van der Waals surface area contributed by atoms with E-state index in [9.17, 15) is 4.79 Å². The molecular weight excluding hydrogens is 430 g/mol. The summed E-state index contributed by atoms with van der Waals surface area (Å²) in [6.07, 6.45) is 0.425. The van der Waals surface area contributed by atoms with E-state index in [2.05, 4.69) is 10.6 Å². The van der Waals surface area contributed by atoms with E-state index in [1.807, 2.05) is 71.6 Å². The van der Waals surface area contributed by atoms with Crippen molar-refractivity contribution in [1.29, 1.82) is 0 Å². The molecule has 5 rings (SSSR count). The smallest absolute Gasteiger partial charge is 0.227 e. The van der Waals surface area contributed by atoms with Crippen LogP contribution in [0.1, 0.15) is 18.2 Å². The van der Waals surface area contributed by atoms with E-state index in [-0.39, 0.29) is 11.8 Å². The number of amides is 1. The van der Waals surface area contributed by atoms with Crippen molar-refractivity contribution in [1.82, 2.24) is 9.55 Å². The molecule has 4 aromatic rings. The lowest BCUT2D eigenvalue weighted by atomic mass is 10.1. The van der Waals surface area contributed by atoms with Crippen molar-refractivity contribution in [2.24, 2.45) is 0 Å². The van der Waals surface area contributed by atoms with Gasteiger partial charge in [0.05, 0.1) is 31.8 Å². The number of fused-ring (bicyclic) bond motifs is 1. The van der Waals surface area contributed by atoms with E-state index in [0.29, 0.717) is 26.1 Å². The minimum Gasteiger partial charge on any atom is -0.497 e. The summed E-state index contributed by atoms with van der Waals surface area (Å²) in [6, 6.07) is 23.2. The molecule has 1 amide bonds. The van der Waals surface area contributed by atoms with Gasteiger partial charge in [-0.3, -0.25) is 4.79 Å². The molecule has 7 nitrogen and oxygen atoms in total. The van der Waals surface area contributed by atoms with Crippen molar-refractivity contribution in [2.45, 2.75) is 18.9 Å². The molecule has 0 radical (unpaired) electrons. The molecule has 1 atom stereocenters. The average Bonchev–Trinajstić information content (AvgIpc) is 3.45. The Kier molecular flexibility index (Phi) is 6.08. The van der Waals surface area contributed by atoms with E-state index < -0.39 is 0 Å². The van der Waals surface area contributed by atoms with E-state index in [1.54, 1.807) is 14.2 Å². The molecule has 34 heavy (non-hydrogen) atoms. The van der Waals surface area contributed by atoms with Gasteiger partial charge in [-0.25, -0.2) is 4.98 Å². The van der Waals surface area contributed by atoms with Crippen molar-refractivity contribution < 1.29 is 19.0 Å². The van der Waals surface area contributed by atoms with Gasteiger partial charge in [0.25, 0.3) is 0 Å². The number of benzene rings is 3. The van der Waals surface area contributed by atoms with Crippen LogP contribution < -0.4 is 19.1 Å². The van der Waals surface area contributed by atoms with E-state index in [1.165, 1.54) is 0 Å². The zero-order chi connectivity index (χ0) is 23.5. The van der Waals surface area contributed by atoms with Gasteiger partial charge in [0.1, 0.15) is 29.7 Å². The number of para-hydroxylation sites is 2. The molecule has 1 aliphatic heterocycles. The Morgan fingerprint density at radius 3 is 2.24 bits per heavy atom. The number of anilines is 1. The predicted molar refractivity (Wildman–Crippen MR) is 131 cm³/mol. The van der Waals surface area contributed by atoms with Crippen molar-refractivity contribution >= 4 is 22.6 Å². The Morgan fingerprint density at radius 1 is 0.882 bits per heavy atom. The van der Waals surface area contributed by atoms with Crippen molar-refractivity contribution in [2.75, 3.05) is 32.3 Å². The SMILES string of the molecule is COc1ccc(OCCn2c(C3CC(=O)N(c4ccc(OC)cc4)C3)nc3ccccc32)cc1. The molecule has 0 N–H and O–H groups in total. The number of rotatable bonds is 8. The molecule has 0 bridgehead atoms. The number of carbonyl (C=O) groups excluding carboxylic acids is 1. The Balaban J connectivity index is 1.36. The van der Waals surface area contributed by atoms with E-state index >= 15 is 0 Å². The number of aromatic nitrogens is 2. The first kappa shape index (κ1) is 21.8. The van der Waals surface area contributed by atoms with Crippen LogP contribution in [-0.4, -0.2) is 42.8 Å². The lowest BCUT2D eigenvalue weighted by molar-refractivity contribution is -0.117. The van der Waals surface area contributed by atoms with Gasteiger partial charge in [0.2, 0.25) is 5.91 Å².